The van der Waals surface area contributed by atoms with Gasteiger partial charge in [-0.15, -0.1) is 0 Å². The van der Waals surface area contributed by atoms with E-state index in [9.17, 15) is 14.9 Å². The Morgan fingerprint density at radius 3 is 2.19 bits per heavy atom. The van der Waals surface area contributed by atoms with E-state index in [1.54, 1.807) is 12.1 Å². The molecule has 1 heterocycles. The molecule has 1 saturated heterocycles. The highest BCUT2D eigenvalue weighted by atomic mass is 16.6. The molecule has 1 amide bonds. The van der Waals surface area contributed by atoms with Gasteiger partial charge in [0.05, 0.1) is 4.92 Å². The third-order valence-corrected chi connectivity index (χ3v) is 5.01. The second-order valence-electron chi connectivity index (χ2n) is 6.85. The maximum absolute atomic E-state index is 12.7. The molecule has 27 heavy (non-hydrogen) atoms. The SMILES string of the molecule is CCCCc1ccc(C(=O)N2CCN(c3ccc([N+](=O)[O-])cc3)CC2)cc1. The quantitative estimate of drug-likeness (QED) is 0.574. The normalized spacial score (nSPS) is 14.3. The number of aryl methyl sites for hydroxylation is 1. The van der Waals surface area contributed by atoms with E-state index in [0.717, 1.165) is 37.2 Å². The summed E-state index contributed by atoms with van der Waals surface area (Å²) in [5.74, 6) is 0.0698. The molecule has 0 N–H and O–H groups in total. The summed E-state index contributed by atoms with van der Waals surface area (Å²) in [4.78, 5) is 27.1. The third kappa shape index (κ3) is 4.64. The first kappa shape index (κ1) is 18.9. The average molecular weight is 367 g/mol. The van der Waals surface area contributed by atoms with Crippen molar-refractivity contribution in [3.63, 3.8) is 0 Å². The van der Waals surface area contributed by atoms with Gasteiger partial charge in [0.2, 0.25) is 0 Å². The summed E-state index contributed by atoms with van der Waals surface area (Å²) in [7, 11) is 0. The summed E-state index contributed by atoms with van der Waals surface area (Å²) < 4.78 is 0. The van der Waals surface area contributed by atoms with E-state index in [0.29, 0.717) is 13.1 Å². The lowest BCUT2D eigenvalue weighted by atomic mass is 10.1. The zero-order valence-electron chi connectivity index (χ0n) is 15.6. The van der Waals surface area contributed by atoms with Gasteiger partial charge in [0, 0.05) is 49.6 Å². The molecule has 0 unspecified atom stereocenters. The predicted octanol–water partition coefficient (Wildman–Crippen LogP) is 3.90. The van der Waals surface area contributed by atoms with Gasteiger partial charge < -0.3 is 9.80 Å². The first-order chi connectivity index (χ1) is 13.1. The molecule has 6 nitrogen and oxygen atoms in total. The molecule has 0 aromatic heterocycles. The number of nitro groups is 1. The first-order valence-corrected chi connectivity index (χ1v) is 9.46. The van der Waals surface area contributed by atoms with Crippen LogP contribution in [0.4, 0.5) is 11.4 Å². The van der Waals surface area contributed by atoms with E-state index >= 15 is 0 Å². The Labute approximate surface area is 159 Å². The molecule has 0 radical (unpaired) electrons. The number of nitro benzene ring substituents is 1. The van der Waals surface area contributed by atoms with Crippen LogP contribution in [0.2, 0.25) is 0 Å². The molecule has 1 aliphatic heterocycles. The van der Waals surface area contributed by atoms with Gasteiger partial charge in [0.1, 0.15) is 0 Å². The maximum atomic E-state index is 12.7. The number of rotatable bonds is 6. The molecule has 2 aromatic rings. The zero-order valence-corrected chi connectivity index (χ0v) is 15.6. The lowest BCUT2D eigenvalue weighted by Crippen LogP contribution is -2.48. The van der Waals surface area contributed by atoms with Crippen LogP contribution in [-0.2, 0) is 6.42 Å². The van der Waals surface area contributed by atoms with Crippen LogP contribution in [0.5, 0.6) is 0 Å². The highest BCUT2D eigenvalue weighted by Gasteiger charge is 2.22. The lowest BCUT2D eigenvalue weighted by Gasteiger charge is -2.36. The molecule has 0 spiro atoms. The standard InChI is InChI=1S/C21H25N3O3/c1-2-3-4-17-5-7-18(8-6-17)21(25)23-15-13-22(14-16-23)19-9-11-20(12-10-19)24(26)27/h5-12H,2-4,13-16H2,1H3. The molecule has 1 aliphatic rings. The Balaban J connectivity index is 1.56. The van der Waals surface area contributed by atoms with Gasteiger partial charge in [0.15, 0.2) is 0 Å². The predicted molar refractivity (Wildman–Crippen MR) is 106 cm³/mol. The second kappa shape index (κ2) is 8.66. The summed E-state index contributed by atoms with van der Waals surface area (Å²) in [5, 5.41) is 10.8. The van der Waals surface area contributed by atoms with Gasteiger partial charge in [-0.05, 0) is 42.7 Å². The van der Waals surface area contributed by atoms with Crippen molar-refractivity contribution in [2.75, 3.05) is 31.1 Å². The van der Waals surface area contributed by atoms with Crippen molar-refractivity contribution in [2.45, 2.75) is 26.2 Å². The molecular formula is C21H25N3O3. The smallest absolute Gasteiger partial charge is 0.269 e. The number of anilines is 1. The van der Waals surface area contributed by atoms with Gasteiger partial charge in [0.25, 0.3) is 11.6 Å². The number of hydrogen-bond acceptors (Lipinski definition) is 4. The van der Waals surface area contributed by atoms with Gasteiger partial charge in [-0.25, -0.2) is 0 Å². The summed E-state index contributed by atoms with van der Waals surface area (Å²) in [6.45, 7) is 4.91. The van der Waals surface area contributed by atoms with E-state index in [-0.39, 0.29) is 11.6 Å². The number of hydrogen-bond donors (Lipinski definition) is 0. The monoisotopic (exact) mass is 367 g/mol. The van der Waals surface area contributed by atoms with Gasteiger partial charge in [-0.1, -0.05) is 25.5 Å². The minimum Gasteiger partial charge on any atom is -0.368 e. The average Bonchev–Trinajstić information content (AvgIpc) is 2.72. The molecule has 1 fully saturated rings. The number of piperazine rings is 1. The van der Waals surface area contributed by atoms with E-state index in [1.807, 2.05) is 17.0 Å². The first-order valence-electron chi connectivity index (χ1n) is 9.46. The topological polar surface area (TPSA) is 66.7 Å². The Kier molecular flexibility index (Phi) is 6.06. The van der Waals surface area contributed by atoms with Crippen molar-refractivity contribution >= 4 is 17.3 Å². The van der Waals surface area contributed by atoms with Gasteiger partial charge >= 0.3 is 0 Å². The molecule has 142 valence electrons. The number of nitrogens with zero attached hydrogens (tertiary/aromatic N) is 3. The van der Waals surface area contributed by atoms with Crippen molar-refractivity contribution in [1.82, 2.24) is 4.90 Å². The van der Waals surface area contributed by atoms with E-state index < -0.39 is 4.92 Å². The van der Waals surface area contributed by atoms with E-state index in [1.165, 1.54) is 24.1 Å². The van der Waals surface area contributed by atoms with Crippen LogP contribution < -0.4 is 4.90 Å². The Morgan fingerprint density at radius 1 is 1.00 bits per heavy atom. The molecule has 0 atom stereocenters. The molecule has 0 bridgehead atoms. The number of unbranched alkanes of at least 4 members (excludes halogenated alkanes) is 1. The second-order valence-corrected chi connectivity index (χ2v) is 6.85. The largest absolute Gasteiger partial charge is 0.368 e. The van der Waals surface area contributed by atoms with Crippen LogP contribution >= 0.6 is 0 Å². The van der Waals surface area contributed by atoms with Crippen molar-refractivity contribution in [2.24, 2.45) is 0 Å². The summed E-state index contributed by atoms with van der Waals surface area (Å²) >= 11 is 0. The molecule has 0 saturated carbocycles. The van der Waals surface area contributed by atoms with Gasteiger partial charge in [-0.3, -0.25) is 14.9 Å². The Hall–Kier alpha value is -2.89. The fourth-order valence-electron chi connectivity index (χ4n) is 3.33. The number of benzene rings is 2. The van der Waals surface area contributed by atoms with Crippen LogP contribution in [0.25, 0.3) is 0 Å². The molecule has 2 aromatic carbocycles. The van der Waals surface area contributed by atoms with E-state index in [4.69, 9.17) is 0 Å². The fraction of sp³-hybridized carbons (Fsp3) is 0.381. The van der Waals surface area contributed by atoms with Crippen LogP contribution in [0.3, 0.4) is 0 Å². The number of non-ortho nitro benzene ring substituents is 1. The summed E-state index contributed by atoms with van der Waals surface area (Å²) in [6, 6.07) is 14.5. The molecular weight excluding hydrogens is 342 g/mol. The highest BCUT2D eigenvalue weighted by molar-refractivity contribution is 5.94. The van der Waals surface area contributed by atoms with Crippen LogP contribution in [0.1, 0.15) is 35.7 Å². The minimum atomic E-state index is -0.395. The van der Waals surface area contributed by atoms with E-state index in [2.05, 4.69) is 24.0 Å². The van der Waals surface area contributed by atoms with Gasteiger partial charge in [-0.2, -0.15) is 0 Å². The number of amides is 1. The highest BCUT2D eigenvalue weighted by Crippen LogP contribution is 2.21. The van der Waals surface area contributed by atoms with Crippen molar-refractivity contribution in [3.8, 4) is 0 Å². The summed E-state index contributed by atoms with van der Waals surface area (Å²) in [5.41, 5.74) is 3.05. The Morgan fingerprint density at radius 2 is 1.63 bits per heavy atom. The lowest BCUT2D eigenvalue weighted by molar-refractivity contribution is -0.384. The van der Waals surface area contributed by atoms with Crippen LogP contribution in [-0.4, -0.2) is 41.9 Å². The van der Waals surface area contributed by atoms with Crippen molar-refractivity contribution in [1.29, 1.82) is 0 Å². The molecule has 0 aliphatic carbocycles. The minimum absolute atomic E-state index is 0.0698. The summed E-state index contributed by atoms with van der Waals surface area (Å²) in [6.07, 6.45) is 3.39. The molecule has 3 rings (SSSR count). The number of carbonyl (C=O) groups is 1. The third-order valence-electron chi connectivity index (χ3n) is 5.01. The Bertz CT molecular complexity index is 779. The van der Waals surface area contributed by atoms with Crippen LogP contribution in [0.15, 0.2) is 48.5 Å². The van der Waals surface area contributed by atoms with Crippen LogP contribution in [0, 0.1) is 10.1 Å². The molecule has 6 heteroatoms. The maximum Gasteiger partial charge on any atom is 0.269 e. The zero-order chi connectivity index (χ0) is 19.2. The number of carbonyl (C=O) groups excluding carboxylic acids is 1. The fourth-order valence-corrected chi connectivity index (χ4v) is 3.33. The van der Waals surface area contributed by atoms with Crippen molar-refractivity contribution < 1.29 is 9.72 Å². The van der Waals surface area contributed by atoms with Crippen molar-refractivity contribution in [3.05, 3.63) is 69.8 Å².